The largest absolute Gasteiger partial charge is 0.420 e. The zero-order chi connectivity index (χ0) is 16.2. The van der Waals surface area contributed by atoms with Gasteiger partial charge in [-0.2, -0.15) is 11.8 Å². The number of rotatable bonds is 3. The molecule has 2 amide bonds. The van der Waals surface area contributed by atoms with Crippen molar-refractivity contribution in [3.05, 3.63) is 34.8 Å². The van der Waals surface area contributed by atoms with Gasteiger partial charge in [0.25, 0.3) is 0 Å². The number of carbonyl (C=O) groups excluding carboxylic acids is 1. The number of carbonyl (C=O) groups is 1. The molecule has 124 valence electrons. The van der Waals surface area contributed by atoms with Crippen LogP contribution >= 0.6 is 11.8 Å². The lowest BCUT2D eigenvalue weighted by Gasteiger charge is -2.27. The first-order chi connectivity index (χ1) is 11.2. The molecule has 7 heteroatoms. The number of nitrogens with one attached hydrogen (secondary N) is 1. The topological polar surface area (TPSA) is 67.5 Å². The van der Waals surface area contributed by atoms with Crippen molar-refractivity contribution in [1.29, 1.82) is 0 Å². The maximum Gasteiger partial charge on any atom is 0.420 e. The Kier molecular flexibility index (Phi) is 4.95. The highest BCUT2D eigenvalue weighted by Gasteiger charge is 2.21. The van der Waals surface area contributed by atoms with E-state index in [1.807, 2.05) is 34.9 Å². The number of amides is 2. The highest BCUT2D eigenvalue weighted by Crippen LogP contribution is 2.16. The van der Waals surface area contributed by atoms with Crippen molar-refractivity contribution in [2.24, 2.45) is 0 Å². The van der Waals surface area contributed by atoms with E-state index in [9.17, 15) is 9.59 Å². The molecule has 1 N–H and O–H groups in total. The van der Waals surface area contributed by atoms with Gasteiger partial charge in [0.1, 0.15) is 0 Å². The Hall–Kier alpha value is -1.89. The molecule has 1 aliphatic rings. The first kappa shape index (κ1) is 16.0. The molecule has 0 spiro atoms. The van der Waals surface area contributed by atoms with Crippen molar-refractivity contribution in [2.75, 3.05) is 24.6 Å². The van der Waals surface area contributed by atoms with E-state index in [1.54, 1.807) is 10.6 Å². The third-order valence-electron chi connectivity index (χ3n) is 4.13. The van der Waals surface area contributed by atoms with Gasteiger partial charge in [0, 0.05) is 31.4 Å². The zero-order valence-corrected chi connectivity index (χ0v) is 14.0. The van der Waals surface area contributed by atoms with Gasteiger partial charge in [-0.25, -0.2) is 9.59 Å². The summed E-state index contributed by atoms with van der Waals surface area (Å²) in [5.74, 6) is 1.69. The maximum absolute atomic E-state index is 12.3. The summed E-state index contributed by atoms with van der Waals surface area (Å²) >= 11 is 1.89. The lowest BCUT2D eigenvalue weighted by molar-refractivity contribution is 0.182. The number of hydrogen-bond acceptors (Lipinski definition) is 4. The van der Waals surface area contributed by atoms with E-state index in [-0.39, 0.29) is 17.8 Å². The molecule has 1 saturated heterocycles. The summed E-state index contributed by atoms with van der Waals surface area (Å²) in [4.78, 5) is 26.1. The molecular formula is C16H21N3O3S. The standard InChI is InChI=1S/C16H21N3O3S/c1-12-6-10-23-11-9-18(12)15(20)17-7-8-19-13-4-2-3-5-14(13)22-16(19)21/h2-5,12H,6-11H2,1H3,(H,17,20)/t12-/m0/s1. The molecule has 2 heterocycles. The Morgan fingerprint density at radius 3 is 3.09 bits per heavy atom. The zero-order valence-electron chi connectivity index (χ0n) is 13.2. The van der Waals surface area contributed by atoms with Gasteiger partial charge in [-0.1, -0.05) is 12.1 Å². The summed E-state index contributed by atoms with van der Waals surface area (Å²) in [5, 5.41) is 2.92. The van der Waals surface area contributed by atoms with E-state index in [1.165, 1.54) is 0 Å². The second kappa shape index (κ2) is 7.12. The fourth-order valence-corrected chi connectivity index (χ4v) is 3.84. The van der Waals surface area contributed by atoms with Gasteiger partial charge in [-0.05, 0) is 31.2 Å². The Labute approximate surface area is 138 Å². The number of nitrogens with zero attached hydrogens (tertiary/aromatic N) is 2. The first-order valence-electron chi connectivity index (χ1n) is 7.87. The molecule has 2 aromatic rings. The molecule has 1 atom stereocenters. The second-order valence-electron chi connectivity index (χ2n) is 5.66. The SMILES string of the molecule is C[C@H]1CCSCCN1C(=O)NCCn1c(=O)oc2ccccc21. The van der Waals surface area contributed by atoms with Gasteiger partial charge in [-0.15, -0.1) is 0 Å². The minimum Gasteiger partial charge on any atom is -0.408 e. The monoisotopic (exact) mass is 335 g/mol. The number of fused-ring (bicyclic) bond motifs is 1. The van der Waals surface area contributed by atoms with Crippen LogP contribution in [0.25, 0.3) is 11.1 Å². The normalized spacial score (nSPS) is 18.8. The lowest BCUT2D eigenvalue weighted by Crippen LogP contribution is -2.46. The van der Waals surface area contributed by atoms with Gasteiger partial charge in [0.05, 0.1) is 5.52 Å². The van der Waals surface area contributed by atoms with E-state index >= 15 is 0 Å². The molecule has 1 fully saturated rings. The van der Waals surface area contributed by atoms with E-state index < -0.39 is 0 Å². The second-order valence-corrected chi connectivity index (χ2v) is 6.89. The molecule has 1 aromatic heterocycles. The summed E-state index contributed by atoms with van der Waals surface area (Å²) in [6.45, 7) is 3.66. The molecule has 0 saturated carbocycles. The molecular weight excluding hydrogens is 314 g/mol. The molecule has 23 heavy (non-hydrogen) atoms. The molecule has 0 unspecified atom stereocenters. The highest BCUT2D eigenvalue weighted by molar-refractivity contribution is 7.99. The smallest absolute Gasteiger partial charge is 0.408 e. The molecule has 0 radical (unpaired) electrons. The lowest BCUT2D eigenvalue weighted by atomic mass is 10.2. The Bertz CT molecular complexity index is 739. The number of para-hydroxylation sites is 2. The fourth-order valence-electron chi connectivity index (χ4n) is 2.80. The number of aromatic nitrogens is 1. The van der Waals surface area contributed by atoms with E-state index in [4.69, 9.17) is 4.42 Å². The quantitative estimate of drug-likeness (QED) is 0.933. The summed E-state index contributed by atoms with van der Waals surface area (Å²) in [7, 11) is 0. The van der Waals surface area contributed by atoms with Crippen molar-refractivity contribution >= 4 is 28.9 Å². The van der Waals surface area contributed by atoms with E-state index in [0.29, 0.717) is 18.7 Å². The van der Waals surface area contributed by atoms with Crippen LogP contribution in [0, 0.1) is 0 Å². The Morgan fingerprint density at radius 2 is 2.22 bits per heavy atom. The molecule has 0 aliphatic carbocycles. The average molecular weight is 335 g/mol. The van der Waals surface area contributed by atoms with Crippen molar-refractivity contribution in [2.45, 2.75) is 25.9 Å². The predicted molar refractivity (Wildman–Crippen MR) is 92.0 cm³/mol. The summed E-state index contributed by atoms with van der Waals surface area (Å²) < 4.78 is 6.74. The number of benzene rings is 1. The van der Waals surface area contributed by atoms with Gasteiger partial charge >= 0.3 is 11.8 Å². The van der Waals surface area contributed by atoms with E-state index in [0.717, 1.165) is 30.0 Å². The molecule has 1 aromatic carbocycles. The van der Waals surface area contributed by atoms with Crippen LogP contribution in [0.3, 0.4) is 0 Å². The van der Waals surface area contributed by atoms with Crippen molar-refractivity contribution < 1.29 is 9.21 Å². The first-order valence-corrected chi connectivity index (χ1v) is 9.03. The molecule has 3 rings (SSSR count). The van der Waals surface area contributed by atoms with Crippen LogP contribution in [-0.4, -0.2) is 46.1 Å². The predicted octanol–water partition coefficient (Wildman–Crippen LogP) is 2.13. The van der Waals surface area contributed by atoms with Crippen LogP contribution in [0.5, 0.6) is 0 Å². The number of oxazole rings is 1. The van der Waals surface area contributed by atoms with Gasteiger partial charge in [0.15, 0.2) is 5.58 Å². The number of hydrogen-bond donors (Lipinski definition) is 1. The third-order valence-corrected chi connectivity index (χ3v) is 5.13. The van der Waals surface area contributed by atoms with Crippen LogP contribution in [0.15, 0.2) is 33.5 Å². The van der Waals surface area contributed by atoms with Gasteiger partial charge in [-0.3, -0.25) is 4.57 Å². The molecule has 6 nitrogen and oxygen atoms in total. The number of urea groups is 1. The minimum absolute atomic E-state index is 0.0548. The van der Waals surface area contributed by atoms with Crippen LogP contribution < -0.4 is 11.1 Å². The van der Waals surface area contributed by atoms with Gasteiger partial charge in [0.2, 0.25) is 0 Å². The van der Waals surface area contributed by atoms with Crippen LogP contribution in [0.1, 0.15) is 13.3 Å². The van der Waals surface area contributed by atoms with Crippen molar-refractivity contribution in [3.8, 4) is 0 Å². The average Bonchev–Trinajstić information content (AvgIpc) is 2.70. The Balaban J connectivity index is 1.61. The van der Waals surface area contributed by atoms with Crippen molar-refractivity contribution in [1.82, 2.24) is 14.8 Å². The van der Waals surface area contributed by atoms with Crippen LogP contribution in [0.2, 0.25) is 0 Å². The van der Waals surface area contributed by atoms with Gasteiger partial charge < -0.3 is 14.6 Å². The molecule has 0 bridgehead atoms. The summed E-state index contributed by atoms with van der Waals surface area (Å²) in [6.07, 6.45) is 1.02. The summed E-state index contributed by atoms with van der Waals surface area (Å²) in [6, 6.07) is 7.50. The highest BCUT2D eigenvalue weighted by atomic mass is 32.2. The van der Waals surface area contributed by atoms with Crippen molar-refractivity contribution in [3.63, 3.8) is 0 Å². The third kappa shape index (κ3) is 3.55. The van der Waals surface area contributed by atoms with Crippen LogP contribution in [-0.2, 0) is 6.54 Å². The number of thioether (sulfide) groups is 1. The molecule has 1 aliphatic heterocycles. The Morgan fingerprint density at radius 1 is 1.39 bits per heavy atom. The fraction of sp³-hybridized carbons (Fsp3) is 0.500. The van der Waals surface area contributed by atoms with Crippen LogP contribution in [0.4, 0.5) is 4.79 Å². The van der Waals surface area contributed by atoms with E-state index in [2.05, 4.69) is 12.2 Å². The minimum atomic E-state index is -0.389. The maximum atomic E-state index is 12.3. The summed E-state index contributed by atoms with van der Waals surface area (Å²) in [5.41, 5.74) is 1.33.